The van der Waals surface area contributed by atoms with Gasteiger partial charge in [-0.3, -0.25) is 4.79 Å². The average molecular weight is 299 g/mol. The number of alkyl halides is 1. The van der Waals surface area contributed by atoms with Gasteiger partial charge in [0.05, 0.1) is 10.6 Å². The summed E-state index contributed by atoms with van der Waals surface area (Å²) in [5.74, 6) is -0.0338. The van der Waals surface area contributed by atoms with Crippen molar-refractivity contribution in [1.29, 1.82) is 0 Å². The molecule has 0 spiro atoms. The number of amides is 1. The zero-order chi connectivity index (χ0) is 11.5. The van der Waals surface area contributed by atoms with Crippen molar-refractivity contribution < 1.29 is 13.2 Å². The van der Waals surface area contributed by atoms with Crippen LogP contribution in [0.15, 0.2) is 0 Å². The highest BCUT2D eigenvalue weighted by Gasteiger charge is 2.29. The Morgan fingerprint density at radius 2 is 2.27 bits per heavy atom. The summed E-state index contributed by atoms with van der Waals surface area (Å²) in [5, 5.41) is 0. The van der Waals surface area contributed by atoms with Crippen molar-refractivity contribution in [1.82, 2.24) is 9.62 Å². The highest BCUT2D eigenvalue weighted by Crippen LogP contribution is 2.17. The summed E-state index contributed by atoms with van der Waals surface area (Å²) in [5.41, 5.74) is 0. The van der Waals surface area contributed by atoms with Crippen LogP contribution >= 0.6 is 15.9 Å². The molecular formula is C8H15BrN2O3S. The largest absolute Gasteiger partial charge is 0.341 e. The van der Waals surface area contributed by atoms with Crippen molar-refractivity contribution >= 4 is 31.9 Å². The van der Waals surface area contributed by atoms with Crippen LogP contribution in [0, 0.1) is 0 Å². The molecule has 0 aliphatic carbocycles. The molecule has 1 saturated heterocycles. The molecule has 0 bridgehead atoms. The van der Waals surface area contributed by atoms with Gasteiger partial charge in [0.15, 0.2) is 0 Å². The van der Waals surface area contributed by atoms with Gasteiger partial charge in [0.2, 0.25) is 15.9 Å². The van der Waals surface area contributed by atoms with Crippen LogP contribution in [-0.2, 0) is 14.8 Å². The summed E-state index contributed by atoms with van der Waals surface area (Å²) in [6, 6.07) is 0. The topological polar surface area (TPSA) is 66.5 Å². The Morgan fingerprint density at radius 1 is 1.60 bits per heavy atom. The molecule has 1 heterocycles. The van der Waals surface area contributed by atoms with E-state index in [1.807, 2.05) is 0 Å². The second-order valence-electron chi connectivity index (χ2n) is 3.40. The average Bonchev–Trinajstić information content (AvgIpc) is 2.45. The molecule has 1 unspecified atom stereocenters. The molecule has 5 nitrogen and oxygen atoms in total. The lowest BCUT2D eigenvalue weighted by Crippen LogP contribution is -2.36. The van der Waals surface area contributed by atoms with Crippen LogP contribution in [0.5, 0.6) is 0 Å². The van der Waals surface area contributed by atoms with Crippen molar-refractivity contribution in [2.24, 2.45) is 0 Å². The van der Waals surface area contributed by atoms with Crippen LogP contribution in [0.1, 0.15) is 13.3 Å². The van der Waals surface area contributed by atoms with Crippen molar-refractivity contribution in [3.05, 3.63) is 0 Å². The van der Waals surface area contributed by atoms with Crippen molar-refractivity contribution in [3.63, 3.8) is 0 Å². The number of hydrogen-bond donors (Lipinski definition) is 1. The molecule has 15 heavy (non-hydrogen) atoms. The first-order valence-electron chi connectivity index (χ1n) is 4.86. The van der Waals surface area contributed by atoms with Gasteiger partial charge in [-0.1, -0.05) is 22.9 Å². The number of hydrogen-bond acceptors (Lipinski definition) is 3. The predicted molar refractivity (Wildman–Crippen MR) is 61.4 cm³/mol. The molecule has 7 heteroatoms. The lowest BCUT2D eigenvalue weighted by molar-refractivity contribution is -0.126. The van der Waals surface area contributed by atoms with Crippen LogP contribution in [-0.4, -0.2) is 49.4 Å². The Kier molecular flexibility index (Phi) is 4.54. The van der Waals surface area contributed by atoms with Crippen LogP contribution < -0.4 is 4.72 Å². The standard InChI is InChI=1S/C8H15BrN2O3S/c1-2-10-15(13,14)6-5-11-4-3-7(9)8(11)12/h7,10H,2-6H2,1H3. The molecule has 0 radical (unpaired) electrons. The molecule has 1 fully saturated rings. The molecule has 1 aliphatic rings. The molecule has 1 atom stereocenters. The van der Waals surface area contributed by atoms with Gasteiger partial charge in [0.25, 0.3) is 0 Å². The van der Waals surface area contributed by atoms with Crippen molar-refractivity contribution in [2.45, 2.75) is 18.2 Å². The van der Waals surface area contributed by atoms with E-state index in [4.69, 9.17) is 0 Å². The van der Waals surface area contributed by atoms with E-state index in [9.17, 15) is 13.2 Å². The number of halogens is 1. The molecule has 1 rings (SSSR count). The minimum Gasteiger partial charge on any atom is -0.341 e. The second kappa shape index (κ2) is 5.27. The first-order chi connectivity index (χ1) is 6.96. The molecule has 0 aromatic carbocycles. The van der Waals surface area contributed by atoms with Crippen LogP contribution in [0.3, 0.4) is 0 Å². The number of carbonyl (C=O) groups is 1. The molecule has 0 saturated carbocycles. The lowest BCUT2D eigenvalue weighted by atomic mass is 10.4. The van der Waals surface area contributed by atoms with E-state index < -0.39 is 10.0 Å². The Bertz CT molecular complexity index is 331. The number of likely N-dealkylation sites (tertiary alicyclic amines) is 1. The maximum Gasteiger partial charge on any atom is 0.236 e. The highest BCUT2D eigenvalue weighted by atomic mass is 79.9. The first-order valence-corrected chi connectivity index (χ1v) is 7.43. The quantitative estimate of drug-likeness (QED) is 0.722. The van der Waals surface area contributed by atoms with E-state index in [2.05, 4.69) is 20.7 Å². The van der Waals surface area contributed by atoms with E-state index in [-0.39, 0.29) is 23.0 Å². The SMILES string of the molecule is CCNS(=O)(=O)CCN1CCC(Br)C1=O. The first kappa shape index (κ1) is 12.9. The van der Waals surface area contributed by atoms with E-state index in [0.717, 1.165) is 6.42 Å². The number of nitrogens with one attached hydrogen (secondary N) is 1. The third kappa shape index (κ3) is 3.73. The fraction of sp³-hybridized carbons (Fsp3) is 0.875. The van der Waals surface area contributed by atoms with Crippen LogP contribution in [0.25, 0.3) is 0 Å². The molecular weight excluding hydrogens is 284 g/mol. The smallest absolute Gasteiger partial charge is 0.236 e. The van der Waals surface area contributed by atoms with Gasteiger partial charge in [-0.05, 0) is 6.42 Å². The fourth-order valence-electron chi connectivity index (χ4n) is 1.45. The lowest BCUT2D eigenvalue weighted by Gasteiger charge is -2.15. The molecule has 0 aromatic heterocycles. The maximum absolute atomic E-state index is 11.4. The van der Waals surface area contributed by atoms with Gasteiger partial charge in [-0.15, -0.1) is 0 Å². The van der Waals surface area contributed by atoms with Crippen LogP contribution in [0.2, 0.25) is 0 Å². The zero-order valence-electron chi connectivity index (χ0n) is 8.57. The van der Waals surface area contributed by atoms with Crippen molar-refractivity contribution in [2.75, 3.05) is 25.4 Å². The van der Waals surface area contributed by atoms with E-state index in [1.165, 1.54) is 0 Å². The monoisotopic (exact) mass is 298 g/mol. The van der Waals surface area contributed by atoms with Crippen molar-refractivity contribution in [3.8, 4) is 0 Å². The van der Waals surface area contributed by atoms with Crippen LogP contribution in [0.4, 0.5) is 0 Å². The van der Waals surface area contributed by atoms with E-state index in [1.54, 1.807) is 11.8 Å². The summed E-state index contributed by atoms with van der Waals surface area (Å²) in [6.07, 6.45) is 0.750. The van der Waals surface area contributed by atoms with E-state index >= 15 is 0 Å². The zero-order valence-corrected chi connectivity index (χ0v) is 11.0. The van der Waals surface area contributed by atoms with Gasteiger partial charge in [-0.25, -0.2) is 13.1 Å². The summed E-state index contributed by atoms with van der Waals surface area (Å²) in [7, 11) is -3.22. The number of rotatable bonds is 5. The van der Waals surface area contributed by atoms with E-state index in [0.29, 0.717) is 13.1 Å². The summed E-state index contributed by atoms with van der Waals surface area (Å²) in [6.45, 7) is 3.02. The third-order valence-corrected chi connectivity index (χ3v) is 4.52. The fourth-order valence-corrected chi connectivity index (χ4v) is 2.98. The summed E-state index contributed by atoms with van der Waals surface area (Å²) >= 11 is 3.24. The Morgan fingerprint density at radius 3 is 2.73 bits per heavy atom. The van der Waals surface area contributed by atoms with Gasteiger partial charge < -0.3 is 4.90 Å². The minimum atomic E-state index is -3.22. The van der Waals surface area contributed by atoms with Gasteiger partial charge >= 0.3 is 0 Å². The normalized spacial score (nSPS) is 22.4. The molecule has 1 N–H and O–H groups in total. The maximum atomic E-state index is 11.4. The molecule has 0 aromatic rings. The number of sulfonamides is 1. The minimum absolute atomic E-state index is 0.0123. The predicted octanol–water partition coefficient (Wildman–Crippen LogP) is -0.0785. The van der Waals surface area contributed by atoms with Gasteiger partial charge in [0, 0.05) is 19.6 Å². The second-order valence-corrected chi connectivity index (χ2v) is 6.43. The summed E-state index contributed by atoms with van der Waals surface area (Å²) < 4.78 is 25.0. The Labute approximate surface area is 98.4 Å². The van der Waals surface area contributed by atoms with Gasteiger partial charge in [0.1, 0.15) is 0 Å². The third-order valence-electron chi connectivity index (χ3n) is 2.23. The summed E-state index contributed by atoms with van der Waals surface area (Å²) in [4.78, 5) is 12.9. The number of nitrogens with zero attached hydrogens (tertiary/aromatic N) is 1. The highest BCUT2D eigenvalue weighted by molar-refractivity contribution is 9.10. The van der Waals surface area contributed by atoms with Gasteiger partial charge in [-0.2, -0.15) is 0 Å². The molecule has 1 aliphatic heterocycles. The number of carbonyl (C=O) groups excluding carboxylic acids is 1. The molecule has 1 amide bonds. The Balaban J connectivity index is 2.41. The molecule has 88 valence electrons. The Hall–Kier alpha value is -0.140.